The molecule has 0 saturated carbocycles. The standard InChI is InChI=1S/C24H43NO4Si/c1-19(14-13-17-28-18-21-15-11-10-12-16-21)22(20(2)23(26)25(6)27-7)29-30(8,9)24(3,4)5/h10-12,15-16,19-20,22H,13-14,17-18H2,1-9H3/t19-,20+,22-/m0/s1. The molecule has 3 atom stereocenters. The van der Waals surface area contributed by atoms with Gasteiger partial charge in [0.15, 0.2) is 8.32 Å². The smallest absolute Gasteiger partial charge is 0.251 e. The van der Waals surface area contributed by atoms with Crippen LogP contribution in [0, 0.1) is 11.8 Å². The van der Waals surface area contributed by atoms with Gasteiger partial charge in [-0.15, -0.1) is 0 Å². The van der Waals surface area contributed by atoms with Gasteiger partial charge in [0.2, 0.25) is 0 Å². The van der Waals surface area contributed by atoms with Crippen LogP contribution < -0.4 is 0 Å². The maximum absolute atomic E-state index is 12.8. The number of hydroxylamine groups is 2. The second kappa shape index (κ2) is 12.0. The number of rotatable bonds is 12. The van der Waals surface area contributed by atoms with Crippen LogP contribution in [0.15, 0.2) is 30.3 Å². The maximum atomic E-state index is 12.8. The van der Waals surface area contributed by atoms with Crippen molar-refractivity contribution in [1.82, 2.24) is 5.06 Å². The molecule has 1 rings (SSSR count). The van der Waals surface area contributed by atoms with E-state index >= 15 is 0 Å². The number of ether oxygens (including phenoxy) is 1. The minimum atomic E-state index is -2.03. The molecule has 1 aromatic rings. The highest BCUT2D eigenvalue weighted by Gasteiger charge is 2.43. The molecule has 1 amide bonds. The van der Waals surface area contributed by atoms with Gasteiger partial charge in [0.25, 0.3) is 5.91 Å². The van der Waals surface area contributed by atoms with Gasteiger partial charge in [-0.05, 0) is 42.5 Å². The highest BCUT2D eigenvalue weighted by molar-refractivity contribution is 6.74. The number of benzene rings is 1. The lowest BCUT2D eigenvalue weighted by Gasteiger charge is -2.43. The summed E-state index contributed by atoms with van der Waals surface area (Å²) >= 11 is 0. The molecular formula is C24H43NO4Si. The van der Waals surface area contributed by atoms with E-state index in [0.717, 1.165) is 12.8 Å². The van der Waals surface area contributed by atoms with Crippen molar-refractivity contribution in [3.63, 3.8) is 0 Å². The van der Waals surface area contributed by atoms with Crippen molar-refractivity contribution in [1.29, 1.82) is 0 Å². The molecule has 0 spiro atoms. The quantitative estimate of drug-likeness (QED) is 0.240. The Morgan fingerprint density at radius 1 is 1.13 bits per heavy atom. The van der Waals surface area contributed by atoms with Crippen molar-refractivity contribution in [2.45, 2.75) is 78.3 Å². The minimum absolute atomic E-state index is 0.0478. The summed E-state index contributed by atoms with van der Waals surface area (Å²) in [5.74, 6) is -0.0821. The molecule has 172 valence electrons. The van der Waals surface area contributed by atoms with Crippen molar-refractivity contribution in [3.8, 4) is 0 Å². The Hall–Kier alpha value is -1.21. The third-order valence-electron chi connectivity index (χ3n) is 6.32. The molecule has 5 nitrogen and oxygen atoms in total. The van der Waals surface area contributed by atoms with E-state index in [4.69, 9.17) is 14.0 Å². The molecule has 0 saturated heterocycles. The molecule has 0 N–H and O–H groups in total. The van der Waals surface area contributed by atoms with Crippen LogP contribution in [0.3, 0.4) is 0 Å². The number of carbonyl (C=O) groups excluding carboxylic acids is 1. The van der Waals surface area contributed by atoms with Gasteiger partial charge in [0.05, 0.1) is 25.7 Å². The number of carbonyl (C=O) groups is 1. The van der Waals surface area contributed by atoms with E-state index in [2.05, 4.69) is 52.9 Å². The van der Waals surface area contributed by atoms with Crippen LogP contribution in [-0.2, 0) is 25.4 Å². The number of nitrogens with zero attached hydrogens (tertiary/aromatic N) is 1. The largest absolute Gasteiger partial charge is 0.413 e. The molecule has 0 unspecified atom stereocenters. The predicted molar refractivity (Wildman–Crippen MR) is 126 cm³/mol. The number of amides is 1. The zero-order chi connectivity index (χ0) is 22.9. The summed E-state index contributed by atoms with van der Waals surface area (Å²) in [6, 6.07) is 10.2. The average Bonchev–Trinajstić information content (AvgIpc) is 2.69. The zero-order valence-corrected chi connectivity index (χ0v) is 21.5. The molecule has 0 aliphatic heterocycles. The normalized spacial score (nSPS) is 15.5. The summed E-state index contributed by atoms with van der Waals surface area (Å²) in [7, 11) is 1.15. The average molecular weight is 438 g/mol. The Morgan fingerprint density at radius 2 is 1.73 bits per heavy atom. The fourth-order valence-electron chi connectivity index (χ4n) is 3.18. The van der Waals surface area contributed by atoms with Crippen molar-refractivity contribution in [2.75, 3.05) is 20.8 Å². The first-order valence-electron chi connectivity index (χ1n) is 11.0. The van der Waals surface area contributed by atoms with E-state index in [1.807, 2.05) is 25.1 Å². The van der Waals surface area contributed by atoms with Gasteiger partial charge in [-0.25, -0.2) is 5.06 Å². The molecule has 0 heterocycles. The van der Waals surface area contributed by atoms with Crippen LogP contribution in [0.25, 0.3) is 0 Å². The molecule has 0 aromatic heterocycles. The first-order chi connectivity index (χ1) is 13.9. The minimum Gasteiger partial charge on any atom is -0.413 e. The van der Waals surface area contributed by atoms with Gasteiger partial charge in [0.1, 0.15) is 0 Å². The van der Waals surface area contributed by atoms with Crippen LogP contribution >= 0.6 is 0 Å². The molecule has 0 aliphatic carbocycles. The molecule has 30 heavy (non-hydrogen) atoms. The lowest BCUT2D eigenvalue weighted by Crippen LogP contribution is -2.50. The molecule has 6 heteroatoms. The summed E-state index contributed by atoms with van der Waals surface area (Å²) in [6.07, 6.45) is 1.74. The summed E-state index contributed by atoms with van der Waals surface area (Å²) in [5.41, 5.74) is 1.19. The molecule has 0 aliphatic rings. The monoisotopic (exact) mass is 437 g/mol. The van der Waals surface area contributed by atoms with Gasteiger partial charge >= 0.3 is 0 Å². The Balaban J connectivity index is 2.73. The Kier molecular flexibility index (Phi) is 10.7. The SMILES string of the molecule is CON(C)C(=O)[C@H](C)[C@@H](O[Si](C)(C)C(C)(C)C)[C@@H](C)CCCOCc1ccccc1. The van der Waals surface area contributed by atoms with Crippen LogP contribution in [0.2, 0.25) is 18.1 Å². The topological polar surface area (TPSA) is 48.0 Å². The molecule has 0 radical (unpaired) electrons. The zero-order valence-electron chi connectivity index (χ0n) is 20.5. The molecule has 1 aromatic carbocycles. The van der Waals surface area contributed by atoms with Gasteiger partial charge in [-0.2, -0.15) is 0 Å². The van der Waals surface area contributed by atoms with E-state index in [9.17, 15) is 4.79 Å². The fraction of sp³-hybridized carbons (Fsp3) is 0.708. The molecule has 0 fully saturated rings. The Morgan fingerprint density at radius 3 is 2.27 bits per heavy atom. The lowest BCUT2D eigenvalue weighted by atomic mass is 9.89. The van der Waals surface area contributed by atoms with Gasteiger partial charge in [0, 0.05) is 13.7 Å². The number of hydrogen-bond acceptors (Lipinski definition) is 4. The van der Waals surface area contributed by atoms with Crippen molar-refractivity contribution < 1.29 is 18.8 Å². The maximum Gasteiger partial charge on any atom is 0.251 e. The van der Waals surface area contributed by atoms with Crippen LogP contribution in [0.1, 0.15) is 53.0 Å². The Labute approximate surface area is 185 Å². The lowest BCUT2D eigenvalue weighted by molar-refractivity contribution is -0.176. The fourth-order valence-corrected chi connectivity index (χ4v) is 4.65. The first kappa shape index (κ1) is 26.8. The van der Waals surface area contributed by atoms with Crippen molar-refractivity contribution in [3.05, 3.63) is 35.9 Å². The summed E-state index contributed by atoms with van der Waals surface area (Å²) < 4.78 is 12.6. The van der Waals surface area contributed by atoms with E-state index in [-0.39, 0.29) is 28.9 Å². The van der Waals surface area contributed by atoms with Crippen molar-refractivity contribution >= 4 is 14.2 Å². The summed E-state index contributed by atoms with van der Waals surface area (Å²) in [6.45, 7) is 16.6. The van der Waals surface area contributed by atoms with E-state index < -0.39 is 8.32 Å². The van der Waals surface area contributed by atoms with Crippen molar-refractivity contribution in [2.24, 2.45) is 11.8 Å². The number of hydrogen-bond donors (Lipinski definition) is 0. The highest BCUT2D eigenvalue weighted by Crippen LogP contribution is 2.39. The highest BCUT2D eigenvalue weighted by atomic mass is 28.4. The van der Waals surface area contributed by atoms with E-state index in [1.54, 1.807) is 7.05 Å². The van der Waals surface area contributed by atoms with Crippen LogP contribution in [-0.4, -0.2) is 46.2 Å². The molecule has 0 bridgehead atoms. The third-order valence-corrected chi connectivity index (χ3v) is 10.8. The molecular weight excluding hydrogens is 394 g/mol. The van der Waals surface area contributed by atoms with Crippen LogP contribution in [0.5, 0.6) is 0 Å². The third kappa shape index (κ3) is 8.14. The first-order valence-corrected chi connectivity index (χ1v) is 13.9. The van der Waals surface area contributed by atoms with Gasteiger partial charge < -0.3 is 9.16 Å². The second-order valence-electron chi connectivity index (χ2n) is 9.81. The summed E-state index contributed by atoms with van der Waals surface area (Å²) in [5, 5.41) is 1.39. The summed E-state index contributed by atoms with van der Waals surface area (Å²) in [4.78, 5) is 17.9. The van der Waals surface area contributed by atoms with E-state index in [1.165, 1.54) is 17.7 Å². The van der Waals surface area contributed by atoms with Crippen LogP contribution in [0.4, 0.5) is 0 Å². The predicted octanol–water partition coefficient (Wildman–Crippen LogP) is 5.67. The second-order valence-corrected chi connectivity index (χ2v) is 14.6. The van der Waals surface area contributed by atoms with E-state index in [0.29, 0.717) is 13.2 Å². The Bertz CT molecular complexity index is 630. The van der Waals surface area contributed by atoms with Gasteiger partial charge in [-0.1, -0.05) is 65.0 Å². The van der Waals surface area contributed by atoms with Gasteiger partial charge in [-0.3, -0.25) is 9.63 Å².